The molecule has 0 heterocycles. The van der Waals surface area contributed by atoms with Crippen LogP contribution in [0, 0.1) is 0 Å². The topological polar surface area (TPSA) is 75.7 Å². The number of carboxylic acid groups (broad SMARTS) is 1. The number of nitrogen functional groups attached to an aromatic ring is 1. The van der Waals surface area contributed by atoms with E-state index in [0.717, 1.165) is 23.7 Å². The monoisotopic (exact) mass is 528 g/mol. The molecule has 0 atom stereocenters. The summed E-state index contributed by atoms with van der Waals surface area (Å²) >= 11 is 5.27. The number of halogens is 4. The van der Waals surface area contributed by atoms with Crippen molar-refractivity contribution in [2.75, 3.05) is 5.73 Å². The van der Waals surface area contributed by atoms with Gasteiger partial charge in [-0.15, -0.1) is 0 Å². The van der Waals surface area contributed by atoms with Crippen LogP contribution in [0.3, 0.4) is 0 Å². The summed E-state index contributed by atoms with van der Waals surface area (Å²) in [6, 6.07) is 11.7. The van der Waals surface area contributed by atoms with Gasteiger partial charge < -0.3 is 10.8 Å². The number of carboxylic acids is 1. The molecule has 0 spiro atoms. The number of aliphatic carboxylic acids is 1. The minimum absolute atomic E-state index is 0.0788. The highest BCUT2D eigenvalue weighted by Gasteiger charge is 2.35. The van der Waals surface area contributed by atoms with E-state index in [9.17, 15) is 13.2 Å². The standard InChI is InChI=1S/C14H17ClF3N.C12H19N.C2H4O2/c1-8(2)10-6-5-7-11(9(3)4)12(10)19-13(15)14(16,17)18;1-8(2)10-6-5-7-11(9(3)4)12(10)13;1-2(3)4/h5-9H,1-4H3;5-9H,13H2,1-4H3;1H3,(H,3,4). The number of anilines is 1. The van der Waals surface area contributed by atoms with Gasteiger partial charge in [-0.2, -0.15) is 13.2 Å². The van der Waals surface area contributed by atoms with E-state index in [1.54, 1.807) is 12.1 Å². The van der Waals surface area contributed by atoms with Crippen LogP contribution in [0.4, 0.5) is 24.5 Å². The molecule has 4 nitrogen and oxygen atoms in total. The second-order valence-electron chi connectivity index (χ2n) is 9.67. The maximum absolute atomic E-state index is 12.5. The van der Waals surface area contributed by atoms with Crippen molar-refractivity contribution in [1.29, 1.82) is 0 Å². The smallest absolute Gasteiger partial charge is 0.444 e. The van der Waals surface area contributed by atoms with Gasteiger partial charge in [0.2, 0.25) is 5.17 Å². The molecule has 0 bridgehead atoms. The van der Waals surface area contributed by atoms with E-state index in [-0.39, 0.29) is 11.8 Å². The van der Waals surface area contributed by atoms with Crippen molar-refractivity contribution < 1.29 is 23.1 Å². The van der Waals surface area contributed by atoms with Crippen LogP contribution in [0.1, 0.15) is 108 Å². The van der Waals surface area contributed by atoms with Crippen molar-refractivity contribution >= 4 is 34.1 Å². The van der Waals surface area contributed by atoms with Crippen LogP contribution in [-0.2, 0) is 4.79 Å². The number of aliphatic imine (C=N–C) groups is 1. The van der Waals surface area contributed by atoms with Gasteiger partial charge in [0.15, 0.2) is 0 Å². The summed E-state index contributed by atoms with van der Waals surface area (Å²) in [5.74, 6) is 0.350. The molecule has 0 unspecified atom stereocenters. The number of rotatable bonds is 5. The molecule has 2 rings (SSSR count). The maximum Gasteiger partial charge on any atom is 0.444 e. The molecule has 2 aromatic rings. The number of benzene rings is 2. The zero-order chi connectivity index (χ0) is 28.4. The van der Waals surface area contributed by atoms with Crippen molar-refractivity contribution in [2.24, 2.45) is 4.99 Å². The first-order chi connectivity index (χ1) is 16.4. The van der Waals surface area contributed by atoms with Crippen LogP contribution in [0.2, 0.25) is 0 Å². The van der Waals surface area contributed by atoms with E-state index in [0.29, 0.717) is 17.5 Å². The minimum Gasteiger partial charge on any atom is -0.481 e. The average Bonchev–Trinajstić information content (AvgIpc) is 2.72. The zero-order valence-corrected chi connectivity index (χ0v) is 23.4. The molecular weight excluding hydrogens is 489 g/mol. The molecule has 202 valence electrons. The van der Waals surface area contributed by atoms with E-state index in [4.69, 9.17) is 27.2 Å². The predicted molar refractivity (Wildman–Crippen MR) is 146 cm³/mol. The Kier molecular flexibility index (Phi) is 13.8. The molecule has 0 aliphatic rings. The molecule has 8 heteroatoms. The van der Waals surface area contributed by atoms with Crippen LogP contribution in [0.5, 0.6) is 0 Å². The molecule has 0 aliphatic carbocycles. The number of nitrogens with zero attached hydrogens (tertiary/aromatic N) is 1. The van der Waals surface area contributed by atoms with Gasteiger partial charge in [-0.25, -0.2) is 4.99 Å². The Bertz CT molecular complexity index is 958. The van der Waals surface area contributed by atoms with Crippen LogP contribution in [-0.4, -0.2) is 22.4 Å². The first-order valence-corrected chi connectivity index (χ1v) is 12.3. The van der Waals surface area contributed by atoms with Gasteiger partial charge in [-0.05, 0) is 45.9 Å². The summed E-state index contributed by atoms with van der Waals surface area (Å²) < 4.78 is 37.6. The number of hydrogen-bond donors (Lipinski definition) is 2. The lowest BCUT2D eigenvalue weighted by atomic mass is 9.93. The summed E-state index contributed by atoms with van der Waals surface area (Å²) in [4.78, 5) is 12.6. The fourth-order valence-electron chi connectivity index (χ4n) is 3.41. The van der Waals surface area contributed by atoms with Gasteiger partial charge in [-0.1, -0.05) is 103 Å². The molecule has 0 saturated carbocycles. The van der Waals surface area contributed by atoms with Gasteiger partial charge >= 0.3 is 6.18 Å². The Balaban J connectivity index is 0.000000622. The molecule has 0 aromatic heterocycles. The number of nitrogens with two attached hydrogens (primary N) is 1. The fraction of sp³-hybridized carbons (Fsp3) is 0.500. The number of hydrogen-bond acceptors (Lipinski definition) is 3. The third kappa shape index (κ3) is 11.0. The Morgan fingerprint density at radius 2 is 1.08 bits per heavy atom. The second kappa shape index (κ2) is 14.9. The van der Waals surface area contributed by atoms with Gasteiger partial charge in [0.25, 0.3) is 5.97 Å². The normalized spacial score (nSPS) is 11.9. The lowest BCUT2D eigenvalue weighted by molar-refractivity contribution is -0.134. The molecule has 2 aromatic carbocycles. The lowest BCUT2D eigenvalue weighted by Gasteiger charge is -2.17. The summed E-state index contributed by atoms with van der Waals surface area (Å²) in [7, 11) is 0. The van der Waals surface area contributed by atoms with Crippen molar-refractivity contribution in [3.8, 4) is 0 Å². The predicted octanol–water partition coefficient (Wildman–Crippen LogP) is 9.37. The molecule has 36 heavy (non-hydrogen) atoms. The molecule has 0 aliphatic heterocycles. The van der Waals surface area contributed by atoms with Crippen molar-refractivity contribution in [3.05, 3.63) is 58.7 Å². The Morgan fingerprint density at radius 1 is 0.806 bits per heavy atom. The van der Waals surface area contributed by atoms with Crippen LogP contribution in [0.15, 0.2) is 41.4 Å². The van der Waals surface area contributed by atoms with Crippen LogP contribution in [0.25, 0.3) is 0 Å². The lowest BCUT2D eigenvalue weighted by Crippen LogP contribution is -2.17. The fourth-order valence-corrected chi connectivity index (χ4v) is 3.50. The van der Waals surface area contributed by atoms with E-state index in [2.05, 4.69) is 50.9 Å². The van der Waals surface area contributed by atoms with Crippen molar-refractivity contribution in [3.63, 3.8) is 0 Å². The molecule has 0 saturated heterocycles. The molecule has 0 amide bonds. The largest absolute Gasteiger partial charge is 0.481 e. The van der Waals surface area contributed by atoms with E-state index >= 15 is 0 Å². The summed E-state index contributed by atoms with van der Waals surface area (Å²) in [5, 5.41) is 6.09. The highest BCUT2D eigenvalue weighted by Crippen LogP contribution is 2.36. The highest BCUT2D eigenvalue weighted by atomic mass is 35.5. The summed E-state index contributed by atoms with van der Waals surface area (Å²) in [5.41, 5.74) is 11.5. The van der Waals surface area contributed by atoms with Crippen LogP contribution < -0.4 is 5.73 Å². The van der Waals surface area contributed by atoms with Crippen molar-refractivity contribution in [1.82, 2.24) is 0 Å². The summed E-state index contributed by atoms with van der Waals surface area (Å²) in [6.45, 7) is 17.5. The van der Waals surface area contributed by atoms with E-state index in [1.807, 2.05) is 33.8 Å². The summed E-state index contributed by atoms with van der Waals surface area (Å²) in [6.07, 6.45) is -4.61. The Morgan fingerprint density at radius 3 is 1.33 bits per heavy atom. The molecule has 0 fully saturated rings. The second-order valence-corrected chi connectivity index (χ2v) is 10.0. The average molecular weight is 529 g/mol. The third-order valence-electron chi connectivity index (χ3n) is 5.20. The Hall–Kier alpha value is -2.54. The first kappa shape index (κ1) is 33.5. The van der Waals surface area contributed by atoms with Gasteiger partial charge in [0.05, 0.1) is 5.69 Å². The molecular formula is C28H40ClF3N2O2. The molecule has 0 radical (unpaired) electrons. The highest BCUT2D eigenvalue weighted by molar-refractivity contribution is 6.67. The minimum atomic E-state index is -4.61. The SMILES string of the molecule is CC(=O)O.CC(C)c1cccc(C(C)C)c1N.CC(C)c1cccc(C(C)C)c1N=C(Cl)C(F)(F)F. The number of alkyl halides is 3. The quantitative estimate of drug-likeness (QED) is 0.300. The van der Waals surface area contributed by atoms with Gasteiger partial charge in [0, 0.05) is 12.6 Å². The maximum atomic E-state index is 12.5. The first-order valence-electron chi connectivity index (χ1n) is 11.9. The third-order valence-corrected chi connectivity index (χ3v) is 5.50. The van der Waals surface area contributed by atoms with Crippen LogP contribution >= 0.6 is 11.6 Å². The molecule has 3 N–H and O–H groups in total. The van der Waals surface area contributed by atoms with E-state index < -0.39 is 17.3 Å². The van der Waals surface area contributed by atoms with Gasteiger partial charge in [-0.3, -0.25) is 4.79 Å². The Labute approximate surface area is 218 Å². The van der Waals surface area contributed by atoms with E-state index in [1.165, 1.54) is 11.1 Å². The number of carbonyl (C=O) groups is 1. The van der Waals surface area contributed by atoms with Gasteiger partial charge in [0.1, 0.15) is 0 Å². The zero-order valence-electron chi connectivity index (χ0n) is 22.7. The number of para-hydroxylation sites is 2. The van der Waals surface area contributed by atoms with Crippen molar-refractivity contribution in [2.45, 2.75) is 92.2 Å².